The zero-order valence-electron chi connectivity index (χ0n) is 13.1. The lowest BCUT2D eigenvalue weighted by Gasteiger charge is -2.14. The van der Waals surface area contributed by atoms with E-state index in [-0.39, 0.29) is 6.61 Å². The van der Waals surface area contributed by atoms with Gasteiger partial charge in [0.2, 0.25) is 0 Å². The number of esters is 2. The Kier molecular flexibility index (Phi) is 4.55. The predicted molar refractivity (Wildman–Crippen MR) is 85.3 cm³/mol. The quantitative estimate of drug-likeness (QED) is 0.644. The second-order valence-electron chi connectivity index (χ2n) is 5.64. The molecule has 0 N–H and O–H groups in total. The van der Waals surface area contributed by atoms with Gasteiger partial charge in [-0.2, -0.15) is 0 Å². The fourth-order valence-electron chi connectivity index (χ4n) is 3.04. The highest BCUT2D eigenvalue weighted by atomic mass is 16.6. The van der Waals surface area contributed by atoms with Crippen molar-refractivity contribution < 1.29 is 19.1 Å². The fraction of sp³-hybridized carbons (Fsp3) is 0.389. The lowest BCUT2D eigenvalue weighted by Crippen LogP contribution is -2.17. The topological polar surface area (TPSA) is 65.5 Å². The van der Waals surface area contributed by atoms with E-state index in [1.54, 1.807) is 0 Å². The summed E-state index contributed by atoms with van der Waals surface area (Å²) in [6.07, 6.45) is 4.93. The van der Waals surface area contributed by atoms with Crippen LogP contribution in [0.2, 0.25) is 0 Å². The normalized spacial score (nSPS) is 14.0. The molecule has 1 aromatic heterocycles. The van der Waals surface area contributed by atoms with Gasteiger partial charge in [0, 0.05) is 11.1 Å². The third-order valence-corrected chi connectivity index (χ3v) is 4.17. The number of para-hydroxylation sites is 1. The van der Waals surface area contributed by atoms with Crippen molar-refractivity contribution in [1.82, 2.24) is 4.98 Å². The second-order valence-corrected chi connectivity index (χ2v) is 5.64. The van der Waals surface area contributed by atoms with Crippen LogP contribution < -0.4 is 0 Å². The number of rotatable bonds is 3. The Balaban J connectivity index is 2.07. The highest BCUT2D eigenvalue weighted by molar-refractivity contribution is 6.05. The van der Waals surface area contributed by atoms with Crippen LogP contribution in [-0.2, 0) is 27.1 Å². The number of hydrogen-bond acceptors (Lipinski definition) is 5. The van der Waals surface area contributed by atoms with Crippen LogP contribution in [0.4, 0.5) is 0 Å². The summed E-state index contributed by atoms with van der Waals surface area (Å²) in [4.78, 5) is 28.6. The molecule has 1 aromatic carbocycles. The number of ether oxygens (including phenoxy) is 2. The molecular formula is C18H19NO4. The molecule has 0 saturated carbocycles. The molecule has 0 aliphatic heterocycles. The van der Waals surface area contributed by atoms with Crippen molar-refractivity contribution in [2.45, 2.75) is 32.1 Å². The van der Waals surface area contributed by atoms with E-state index in [4.69, 9.17) is 9.72 Å². The summed E-state index contributed by atoms with van der Waals surface area (Å²) in [5.41, 5.74) is 3.29. The van der Waals surface area contributed by atoms with E-state index in [1.165, 1.54) is 7.11 Å². The first-order chi connectivity index (χ1) is 11.2. The van der Waals surface area contributed by atoms with Crippen molar-refractivity contribution in [3.63, 3.8) is 0 Å². The molecule has 0 amide bonds. The lowest BCUT2D eigenvalue weighted by atomic mass is 9.97. The van der Waals surface area contributed by atoms with Gasteiger partial charge in [-0.1, -0.05) is 24.6 Å². The van der Waals surface area contributed by atoms with Crippen molar-refractivity contribution >= 4 is 22.8 Å². The van der Waals surface area contributed by atoms with E-state index in [0.29, 0.717) is 5.56 Å². The number of benzene rings is 1. The monoisotopic (exact) mass is 313 g/mol. The molecule has 5 nitrogen and oxygen atoms in total. The van der Waals surface area contributed by atoms with Gasteiger partial charge in [0.25, 0.3) is 0 Å². The summed E-state index contributed by atoms with van der Waals surface area (Å²) in [6, 6.07) is 7.56. The van der Waals surface area contributed by atoms with E-state index in [1.807, 2.05) is 24.3 Å². The molecule has 0 bridgehead atoms. The number of fused-ring (bicyclic) bond motifs is 2. The average molecular weight is 313 g/mol. The molecule has 0 radical (unpaired) electrons. The molecule has 0 unspecified atom stereocenters. The van der Waals surface area contributed by atoms with Gasteiger partial charge >= 0.3 is 11.9 Å². The number of aryl methyl sites for hydroxylation is 1. The molecule has 0 saturated heterocycles. The smallest absolute Gasteiger partial charge is 0.344 e. The highest BCUT2D eigenvalue weighted by Gasteiger charge is 2.23. The van der Waals surface area contributed by atoms with Crippen molar-refractivity contribution in [2.75, 3.05) is 13.7 Å². The zero-order chi connectivity index (χ0) is 16.2. The number of methoxy groups -OCH3 is 1. The van der Waals surface area contributed by atoms with Crippen LogP contribution in [-0.4, -0.2) is 30.6 Å². The van der Waals surface area contributed by atoms with Gasteiger partial charge in [-0.25, -0.2) is 9.59 Å². The number of pyridine rings is 1. The molecule has 0 atom stereocenters. The van der Waals surface area contributed by atoms with E-state index in [0.717, 1.165) is 54.3 Å². The van der Waals surface area contributed by atoms with Crippen LogP contribution >= 0.6 is 0 Å². The largest absolute Gasteiger partial charge is 0.466 e. The molecule has 23 heavy (non-hydrogen) atoms. The molecule has 5 heteroatoms. The van der Waals surface area contributed by atoms with Crippen molar-refractivity contribution in [1.29, 1.82) is 0 Å². The van der Waals surface area contributed by atoms with E-state index < -0.39 is 11.9 Å². The predicted octanol–water partition coefficient (Wildman–Crippen LogP) is 2.83. The lowest BCUT2D eigenvalue weighted by molar-refractivity contribution is -0.144. The number of carbonyl (C=O) groups is 2. The number of nitrogens with zero attached hydrogens (tertiary/aromatic N) is 1. The van der Waals surface area contributed by atoms with Gasteiger partial charge in [0.05, 0.1) is 18.2 Å². The van der Waals surface area contributed by atoms with Crippen LogP contribution in [0.25, 0.3) is 10.9 Å². The van der Waals surface area contributed by atoms with E-state index in [9.17, 15) is 9.59 Å². The summed E-state index contributed by atoms with van der Waals surface area (Å²) in [5, 5.41) is 0.781. The van der Waals surface area contributed by atoms with Crippen LogP contribution in [0.1, 0.15) is 40.9 Å². The van der Waals surface area contributed by atoms with Crippen molar-refractivity contribution in [3.8, 4) is 0 Å². The molecule has 1 heterocycles. The Hall–Kier alpha value is -2.43. The van der Waals surface area contributed by atoms with E-state index in [2.05, 4.69) is 4.74 Å². The fourth-order valence-corrected chi connectivity index (χ4v) is 3.04. The Morgan fingerprint density at radius 3 is 2.74 bits per heavy atom. The van der Waals surface area contributed by atoms with E-state index >= 15 is 0 Å². The summed E-state index contributed by atoms with van der Waals surface area (Å²) in [5.74, 6) is -1.05. The maximum Gasteiger partial charge on any atom is 0.344 e. The van der Waals surface area contributed by atoms with Crippen molar-refractivity contribution in [2.24, 2.45) is 0 Å². The minimum absolute atomic E-state index is 0.374. The SMILES string of the molecule is COC(=O)COC(=O)c1c2c(nc3ccccc13)CCCCC2. The Morgan fingerprint density at radius 2 is 1.91 bits per heavy atom. The van der Waals surface area contributed by atoms with Gasteiger partial charge < -0.3 is 9.47 Å². The molecule has 3 rings (SSSR count). The molecule has 1 aliphatic carbocycles. The third-order valence-electron chi connectivity index (χ3n) is 4.17. The minimum Gasteiger partial charge on any atom is -0.466 e. The van der Waals surface area contributed by atoms with Crippen LogP contribution in [0, 0.1) is 0 Å². The molecule has 120 valence electrons. The highest BCUT2D eigenvalue weighted by Crippen LogP contribution is 2.29. The molecule has 2 aromatic rings. The summed E-state index contributed by atoms with van der Waals surface area (Å²) in [6.45, 7) is -0.374. The minimum atomic E-state index is -0.567. The number of hydrogen-bond donors (Lipinski definition) is 0. The molecule has 0 fully saturated rings. The molecule has 1 aliphatic rings. The first-order valence-electron chi connectivity index (χ1n) is 7.85. The molecule has 0 spiro atoms. The summed E-state index contributed by atoms with van der Waals surface area (Å²) >= 11 is 0. The second kappa shape index (κ2) is 6.77. The Bertz CT molecular complexity index is 754. The first-order valence-corrected chi connectivity index (χ1v) is 7.85. The maximum atomic E-state index is 12.6. The average Bonchev–Trinajstić information content (AvgIpc) is 2.82. The van der Waals surface area contributed by atoms with Crippen LogP contribution in [0.5, 0.6) is 0 Å². The van der Waals surface area contributed by atoms with Crippen LogP contribution in [0.15, 0.2) is 24.3 Å². The standard InChI is InChI=1S/C18H19NO4/c1-22-16(20)11-23-18(21)17-12-7-3-2-4-9-14(12)19-15-10-6-5-8-13(15)17/h5-6,8,10H,2-4,7,9,11H2,1H3. The zero-order valence-corrected chi connectivity index (χ0v) is 13.1. The molecular weight excluding hydrogens is 294 g/mol. The number of aromatic nitrogens is 1. The Labute approximate surface area is 134 Å². The van der Waals surface area contributed by atoms with Gasteiger partial charge in [0.1, 0.15) is 0 Å². The van der Waals surface area contributed by atoms with Gasteiger partial charge in [0.15, 0.2) is 6.61 Å². The third kappa shape index (κ3) is 3.18. The van der Waals surface area contributed by atoms with Gasteiger partial charge in [-0.05, 0) is 37.3 Å². The first kappa shape index (κ1) is 15.5. The summed E-state index contributed by atoms with van der Waals surface area (Å²) in [7, 11) is 1.27. The van der Waals surface area contributed by atoms with Gasteiger partial charge in [-0.15, -0.1) is 0 Å². The Morgan fingerprint density at radius 1 is 1.13 bits per heavy atom. The van der Waals surface area contributed by atoms with Crippen molar-refractivity contribution in [3.05, 3.63) is 41.1 Å². The van der Waals surface area contributed by atoms with Crippen LogP contribution in [0.3, 0.4) is 0 Å². The number of carbonyl (C=O) groups excluding carboxylic acids is 2. The summed E-state index contributed by atoms with van der Waals surface area (Å²) < 4.78 is 9.68. The van der Waals surface area contributed by atoms with Gasteiger partial charge in [-0.3, -0.25) is 4.98 Å². The maximum absolute atomic E-state index is 12.6.